The number of nitrogens with one attached hydrogen (secondary N) is 1. The number of aromatic hydroxyl groups is 2. The number of fused-ring (bicyclic) bond motifs is 2. The molecule has 5 heterocycles. The van der Waals surface area contributed by atoms with Crippen LogP contribution < -0.4 is 119 Å². The van der Waals surface area contributed by atoms with Gasteiger partial charge in [0.05, 0.1) is 42.7 Å². The van der Waals surface area contributed by atoms with Gasteiger partial charge in [-0.1, -0.05) is 67.6 Å². The van der Waals surface area contributed by atoms with Crippen molar-refractivity contribution in [3.63, 3.8) is 0 Å². The van der Waals surface area contributed by atoms with Crippen LogP contribution in [0.5, 0.6) is 11.5 Å². The molecule has 0 spiro atoms. The monoisotopic (exact) mass is 1020 g/mol. The third-order valence-corrected chi connectivity index (χ3v) is 12.7. The van der Waals surface area contributed by atoms with E-state index in [1.165, 1.54) is 28.9 Å². The standard InChI is InChI=1S/C25H23FN4O3.C24H19FN4O3.CH2O3.2K.H/c1-15(20-6-3-11-30(20)25(33)23-24(32)21(31)14-28-29-23)22(18-4-2-5-19(26)12-18)17-9-7-16(13-27)8-10-17;1-26-17-9-7-14(8-10-17)20(15-4-2-5-16(25)12-15)21-18-6-3-11-28(18)24(32)22-23(31)19(30)13-27-29(21)22;2-1-4-3;;;/h2,4-5,7-10,12,14-15,20,22H,3,6,11H2,1H3,(H,28,32)(H,29,31);2,4-5,7-10,12-13,18,20-21,31H,3,6,11H2;1,3H;;;/q;;;2*+1;-1/p-1/t15-,20+,22+;18-,20-,21-;;;;/m01..../s1. The van der Waals surface area contributed by atoms with Crippen LogP contribution in [0.3, 0.4) is 0 Å². The predicted molar refractivity (Wildman–Crippen MR) is 242 cm³/mol. The van der Waals surface area contributed by atoms with E-state index in [1.54, 1.807) is 46.2 Å². The van der Waals surface area contributed by atoms with Crippen LogP contribution in [0.15, 0.2) is 119 Å². The summed E-state index contributed by atoms with van der Waals surface area (Å²) in [4.78, 5) is 68.2. The smallest absolute Gasteiger partial charge is 1.00 e. The molecule has 3 aliphatic heterocycles. The van der Waals surface area contributed by atoms with Gasteiger partial charge in [-0.2, -0.15) is 15.5 Å². The Hall–Kier alpha value is -5.28. The van der Waals surface area contributed by atoms with E-state index in [1.807, 2.05) is 43.3 Å². The van der Waals surface area contributed by atoms with Crippen LogP contribution in [0.4, 0.5) is 14.5 Å². The van der Waals surface area contributed by atoms with Crippen molar-refractivity contribution in [2.75, 3.05) is 13.1 Å². The number of carbonyl (C=O) groups excluding carboxylic acids is 3. The number of H-pyrrole nitrogens is 1. The van der Waals surface area contributed by atoms with Crippen LogP contribution >= 0.6 is 0 Å². The molecule has 2 aromatic heterocycles. The zero-order valence-electron chi connectivity index (χ0n) is 39.8. The first-order valence-electron chi connectivity index (χ1n) is 21.7. The molecule has 9 rings (SSSR count). The molecule has 17 nitrogen and oxygen atoms in total. The Morgan fingerprint density at radius 1 is 0.901 bits per heavy atom. The first-order chi connectivity index (χ1) is 33.3. The topological polar surface area (TPSA) is 239 Å². The number of aromatic nitrogens is 4. The number of hydrogen-bond acceptors (Lipinski definition) is 12. The molecule has 71 heavy (non-hydrogen) atoms. The third kappa shape index (κ3) is 12.5. The maximum Gasteiger partial charge on any atom is 1.00 e. The van der Waals surface area contributed by atoms with Crippen molar-refractivity contribution < 1.29 is 148 Å². The van der Waals surface area contributed by atoms with Gasteiger partial charge < -0.3 is 31.6 Å². The third-order valence-electron chi connectivity index (χ3n) is 12.7. The second-order valence-corrected chi connectivity index (χ2v) is 16.6. The summed E-state index contributed by atoms with van der Waals surface area (Å²) in [5.74, 6) is -3.74. The summed E-state index contributed by atoms with van der Waals surface area (Å²) in [6.45, 7) is 10.0. The summed E-state index contributed by atoms with van der Waals surface area (Å²) in [5.41, 5.74) is 2.36. The molecule has 2 fully saturated rings. The zero-order valence-corrected chi connectivity index (χ0v) is 45.1. The molecule has 2 amide bonds. The van der Waals surface area contributed by atoms with Crippen molar-refractivity contribution in [1.82, 2.24) is 29.8 Å². The number of nitrogens with zero attached hydrogens (tertiary/aromatic N) is 7. The molecule has 0 bridgehead atoms. The molecular weight excluding hydrogens is 973 g/mol. The number of aromatic amines is 1. The summed E-state index contributed by atoms with van der Waals surface area (Å²) in [5, 5.41) is 48.5. The van der Waals surface area contributed by atoms with Gasteiger partial charge in [0.2, 0.25) is 10.9 Å². The molecule has 2 saturated heterocycles. The van der Waals surface area contributed by atoms with Gasteiger partial charge in [-0.05, 0) is 90.3 Å². The van der Waals surface area contributed by atoms with Gasteiger partial charge in [-0.15, -0.1) is 0 Å². The Labute approximate surface area is 492 Å². The molecular formula is C50H44F2K2N8O9. The fourth-order valence-electron chi connectivity index (χ4n) is 9.75. The maximum atomic E-state index is 14.3. The van der Waals surface area contributed by atoms with E-state index in [0.29, 0.717) is 29.9 Å². The number of rotatable bonds is 9. The number of carbonyl (C=O) groups is 3. The number of hydrogen-bond donors (Lipinski definition) is 3. The summed E-state index contributed by atoms with van der Waals surface area (Å²) in [7, 11) is 0. The summed E-state index contributed by atoms with van der Waals surface area (Å²) < 4.78 is 29.8. The average Bonchev–Trinajstić information content (AvgIpc) is 4.07. The van der Waals surface area contributed by atoms with Gasteiger partial charge in [0.25, 0.3) is 18.3 Å². The zero-order chi connectivity index (χ0) is 49.4. The summed E-state index contributed by atoms with van der Waals surface area (Å²) >= 11 is 0. The van der Waals surface area contributed by atoms with Crippen molar-refractivity contribution >= 4 is 24.0 Å². The molecule has 6 atom stereocenters. The average molecular weight is 1020 g/mol. The Morgan fingerprint density at radius 3 is 2.13 bits per heavy atom. The van der Waals surface area contributed by atoms with Gasteiger partial charge in [0.15, 0.2) is 28.6 Å². The molecule has 3 N–H and O–H groups in total. The quantitative estimate of drug-likeness (QED) is 0.0559. The van der Waals surface area contributed by atoms with E-state index in [0.717, 1.165) is 54.8 Å². The molecule has 3 aliphatic rings. The fraction of sp³-hybridized carbons (Fsp3) is 0.260. The van der Waals surface area contributed by atoms with Crippen LogP contribution in [-0.4, -0.2) is 83.5 Å². The van der Waals surface area contributed by atoms with E-state index in [4.69, 9.17) is 21.9 Å². The molecule has 0 saturated carbocycles. The van der Waals surface area contributed by atoms with E-state index in [9.17, 15) is 38.2 Å². The van der Waals surface area contributed by atoms with E-state index in [-0.39, 0.29) is 152 Å². The molecule has 0 radical (unpaired) electrons. The Bertz CT molecular complexity index is 3080. The summed E-state index contributed by atoms with van der Waals surface area (Å²) in [6.07, 6.45) is 4.90. The van der Waals surface area contributed by atoms with Gasteiger partial charge in [0.1, 0.15) is 11.6 Å². The Balaban J connectivity index is 0.000000280. The molecule has 354 valence electrons. The second kappa shape index (κ2) is 25.9. The molecule has 6 aromatic rings. The van der Waals surface area contributed by atoms with Crippen molar-refractivity contribution in [2.24, 2.45) is 5.92 Å². The predicted octanol–water partition coefficient (Wildman–Crippen LogP) is -0.256. The van der Waals surface area contributed by atoms with Crippen molar-refractivity contribution in [3.05, 3.63) is 192 Å². The molecule has 21 heteroatoms. The van der Waals surface area contributed by atoms with Crippen LogP contribution in [0.25, 0.3) is 4.85 Å². The van der Waals surface area contributed by atoms with Crippen LogP contribution in [0, 0.1) is 35.5 Å². The Kier molecular flexibility index (Phi) is 20.7. The van der Waals surface area contributed by atoms with Crippen LogP contribution in [0.2, 0.25) is 0 Å². The number of amides is 2. The largest absolute Gasteiger partial charge is 1.00 e. The second-order valence-electron chi connectivity index (χ2n) is 16.6. The maximum absolute atomic E-state index is 14.3. The normalized spacial score (nSPS) is 17.5. The van der Waals surface area contributed by atoms with Gasteiger partial charge in [-0.25, -0.2) is 13.6 Å². The van der Waals surface area contributed by atoms with E-state index >= 15 is 0 Å². The summed E-state index contributed by atoms with van der Waals surface area (Å²) in [6, 6.07) is 28.0. The minimum absolute atomic E-state index is 0. The van der Waals surface area contributed by atoms with Crippen molar-refractivity contribution in [2.45, 2.75) is 62.6 Å². The first kappa shape index (κ1) is 56.6. The minimum atomic E-state index is -0.726. The van der Waals surface area contributed by atoms with E-state index in [2.05, 4.69) is 31.1 Å². The number of likely N-dealkylation sites (tertiary alicyclic amines) is 1. The van der Waals surface area contributed by atoms with Gasteiger partial charge in [0, 0.05) is 31.0 Å². The van der Waals surface area contributed by atoms with Gasteiger partial charge >= 0.3 is 103 Å². The SMILES string of the molecule is C[C@H]([C@H](c1ccc(C#N)cc1)c1cccc(F)c1)[C@H]1CCCN1C(=O)c1[nH]ncc(=O)c1O.O=CO[O-].[C-]#[N+]c1ccc([C@H](c2cccc(F)c2)[C@H]2[C@H]3CCCN3C(=O)c3c(O)c(=O)cnn32)cc1.[H-].[K+].[K+]. The molecule has 0 aliphatic carbocycles. The van der Waals surface area contributed by atoms with Crippen molar-refractivity contribution in [1.29, 1.82) is 5.26 Å². The number of halogens is 2. The number of benzene rings is 4. The van der Waals surface area contributed by atoms with Crippen LogP contribution in [0.1, 0.15) is 101 Å². The fourth-order valence-corrected chi connectivity index (χ4v) is 9.75. The van der Waals surface area contributed by atoms with E-state index < -0.39 is 51.9 Å². The Morgan fingerprint density at radius 2 is 1.51 bits per heavy atom. The van der Waals surface area contributed by atoms with Crippen LogP contribution in [-0.2, 0) is 9.68 Å². The minimum Gasteiger partial charge on any atom is -1.00 e. The van der Waals surface area contributed by atoms with Crippen molar-refractivity contribution in [3.8, 4) is 17.6 Å². The number of nitriles is 1. The molecule has 0 unspecified atom stereocenters. The van der Waals surface area contributed by atoms with Gasteiger partial charge in [-0.3, -0.25) is 33.8 Å². The molecule has 4 aromatic carbocycles. The first-order valence-corrected chi connectivity index (χ1v) is 21.7.